The third-order valence-electron chi connectivity index (χ3n) is 4.32. The first kappa shape index (κ1) is 13.1. The maximum atomic E-state index is 12.6. The summed E-state index contributed by atoms with van der Waals surface area (Å²) in [7, 11) is 0. The Kier molecular flexibility index (Phi) is 2.64. The zero-order valence-electron chi connectivity index (χ0n) is 10.2. The van der Waals surface area contributed by atoms with Crippen molar-refractivity contribution in [3.8, 4) is 0 Å². The van der Waals surface area contributed by atoms with Crippen LogP contribution in [0.5, 0.6) is 0 Å². The van der Waals surface area contributed by atoms with Gasteiger partial charge in [0.1, 0.15) is 0 Å². The molecule has 3 atom stereocenters. The average molecular weight is 285 g/mol. The first-order valence-corrected chi connectivity index (χ1v) is 6.20. The van der Waals surface area contributed by atoms with E-state index < -0.39 is 34.6 Å². The van der Waals surface area contributed by atoms with Gasteiger partial charge in [0.05, 0.1) is 4.92 Å². The number of hydrogen-bond donors (Lipinski definition) is 0. The number of nitro benzene ring substituents is 1. The highest BCUT2D eigenvalue weighted by Gasteiger charge is 2.56. The molecular formula is C13H10F3NO3. The predicted octanol–water partition coefficient (Wildman–Crippen LogP) is 3.32. The molecule has 2 bridgehead atoms. The molecular weight excluding hydrogens is 275 g/mol. The summed E-state index contributed by atoms with van der Waals surface area (Å²) in [6.45, 7) is 0. The summed E-state index contributed by atoms with van der Waals surface area (Å²) in [4.78, 5) is 21.7. The van der Waals surface area contributed by atoms with Crippen LogP contribution in [0.3, 0.4) is 0 Å². The number of carbonyl (C=O) groups is 1. The smallest absolute Gasteiger partial charge is 0.289 e. The van der Waals surface area contributed by atoms with Gasteiger partial charge >= 0.3 is 6.18 Å². The van der Waals surface area contributed by atoms with Crippen molar-refractivity contribution in [1.29, 1.82) is 0 Å². The molecule has 1 aromatic carbocycles. The number of benzene rings is 1. The third kappa shape index (κ3) is 1.72. The van der Waals surface area contributed by atoms with Crippen molar-refractivity contribution < 1.29 is 22.9 Å². The van der Waals surface area contributed by atoms with Crippen LogP contribution in [0.15, 0.2) is 18.2 Å². The van der Waals surface area contributed by atoms with Gasteiger partial charge in [-0.1, -0.05) is 6.07 Å². The molecule has 0 N–H and O–H groups in total. The van der Waals surface area contributed by atoms with E-state index in [1.165, 1.54) is 18.2 Å². The highest BCUT2D eigenvalue weighted by atomic mass is 19.4. The van der Waals surface area contributed by atoms with E-state index in [9.17, 15) is 28.1 Å². The van der Waals surface area contributed by atoms with E-state index in [0.29, 0.717) is 24.0 Å². The molecule has 0 amide bonds. The van der Waals surface area contributed by atoms with Crippen molar-refractivity contribution in [2.75, 3.05) is 0 Å². The van der Waals surface area contributed by atoms with Crippen molar-refractivity contribution in [1.82, 2.24) is 0 Å². The topological polar surface area (TPSA) is 60.2 Å². The number of nitrogens with zero attached hydrogens (tertiary/aromatic N) is 1. The summed E-state index contributed by atoms with van der Waals surface area (Å²) in [5.41, 5.74) is 1.06. The van der Waals surface area contributed by atoms with Gasteiger partial charge in [-0.05, 0) is 35.8 Å². The molecule has 20 heavy (non-hydrogen) atoms. The Morgan fingerprint density at radius 1 is 1.20 bits per heavy atom. The first-order valence-electron chi connectivity index (χ1n) is 6.20. The minimum Gasteiger partial charge on any atom is -0.289 e. The number of fused-ring (bicyclic) bond motifs is 5. The van der Waals surface area contributed by atoms with Gasteiger partial charge in [-0.3, -0.25) is 14.9 Å². The molecule has 0 spiro atoms. The lowest BCUT2D eigenvalue weighted by Gasteiger charge is -2.16. The quantitative estimate of drug-likeness (QED) is 0.618. The standard InChI is InChI=1S/C13H10F3NO3/c14-13(15,16)12(18)11-8-3-4-9(11)10-5-6(17(19)20)1-2-7(8)10/h1-2,5,8-9,11H,3-4H2. The fourth-order valence-electron chi connectivity index (χ4n) is 3.59. The van der Waals surface area contributed by atoms with E-state index in [1.807, 2.05) is 0 Å². The molecule has 4 nitrogen and oxygen atoms in total. The van der Waals surface area contributed by atoms with Crippen LogP contribution in [0.4, 0.5) is 18.9 Å². The number of non-ortho nitro benzene ring substituents is 1. The van der Waals surface area contributed by atoms with E-state index in [4.69, 9.17) is 0 Å². The zero-order chi connectivity index (χ0) is 14.7. The van der Waals surface area contributed by atoms with Crippen LogP contribution in [0, 0.1) is 16.0 Å². The van der Waals surface area contributed by atoms with E-state index in [2.05, 4.69) is 0 Å². The SMILES string of the molecule is O=C(C1C2CCC1c1cc([N+](=O)[O-])ccc12)C(F)(F)F. The van der Waals surface area contributed by atoms with Crippen LogP contribution < -0.4 is 0 Å². The number of carbonyl (C=O) groups excluding carboxylic acids is 1. The number of nitro groups is 1. The molecule has 0 radical (unpaired) electrons. The van der Waals surface area contributed by atoms with Crippen molar-refractivity contribution >= 4 is 11.5 Å². The molecule has 1 aromatic rings. The van der Waals surface area contributed by atoms with E-state index in [1.54, 1.807) is 0 Å². The van der Waals surface area contributed by atoms with Gasteiger partial charge in [0.2, 0.25) is 5.78 Å². The van der Waals surface area contributed by atoms with Crippen LogP contribution in [0.25, 0.3) is 0 Å². The highest BCUT2D eigenvalue weighted by molar-refractivity contribution is 5.89. The van der Waals surface area contributed by atoms with Gasteiger partial charge in [0, 0.05) is 18.1 Å². The van der Waals surface area contributed by atoms with Gasteiger partial charge in [-0.15, -0.1) is 0 Å². The Morgan fingerprint density at radius 2 is 1.80 bits per heavy atom. The molecule has 7 heteroatoms. The monoisotopic (exact) mass is 285 g/mol. The average Bonchev–Trinajstić information content (AvgIpc) is 2.92. The minimum absolute atomic E-state index is 0.144. The minimum atomic E-state index is -4.85. The second kappa shape index (κ2) is 4.04. The Morgan fingerprint density at radius 3 is 2.35 bits per heavy atom. The predicted molar refractivity (Wildman–Crippen MR) is 62.4 cm³/mol. The normalized spacial score (nSPS) is 27.4. The number of halogens is 3. The van der Waals surface area contributed by atoms with Crippen molar-refractivity contribution in [3.05, 3.63) is 39.4 Å². The molecule has 2 aliphatic carbocycles. The number of Topliss-reactive ketones (excluding diaryl/α,β-unsaturated/α-hetero) is 1. The molecule has 3 unspecified atom stereocenters. The van der Waals surface area contributed by atoms with Crippen LogP contribution in [0.2, 0.25) is 0 Å². The summed E-state index contributed by atoms with van der Waals surface area (Å²) in [5, 5.41) is 10.7. The fraction of sp³-hybridized carbons (Fsp3) is 0.462. The van der Waals surface area contributed by atoms with Gasteiger partial charge in [-0.25, -0.2) is 0 Å². The Labute approximate surface area is 111 Å². The van der Waals surface area contributed by atoms with Crippen molar-refractivity contribution in [3.63, 3.8) is 0 Å². The molecule has 0 saturated heterocycles. The molecule has 1 saturated carbocycles. The highest BCUT2D eigenvalue weighted by Crippen LogP contribution is 2.59. The number of ketones is 1. The summed E-state index contributed by atoms with van der Waals surface area (Å²) in [5.74, 6) is -3.80. The van der Waals surface area contributed by atoms with E-state index >= 15 is 0 Å². The summed E-state index contributed by atoms with van der Waals surface area (Å²) >= 11 is 0. The summed E-state index contributed by atoms with van der Waals surface area (Å²) < 4.78 is 37.9. The second-order valence-electron chi connectivity index (χ2n) is 5.25. The molecule has 0 aromatic heterocycles. The van der Waals surface area contributed by atoms with Crippen LogP contribution >= 0.6 is 0 Å². The van der Waals surface area contributed by atoms with Gasteiger partial charge in [0.25, 0.3) is 5.69 Å². The van der Waals surface area contributed by atoms with Crippen LogP contribution in [0.1, 0.15) is 35.8 Å². The van der Waals surface area contributed by atoms with Crippen molar-refractivity contribution in [2.24, 2.45) is 5.92 Å². The Bertz CT molecular complexity index is 611. The molecule has 106 valence electrons. The van der Waals surface area contributed by atoms with Gasteiger partial charge < -0.3 is 0 Å². The maximum absolute atomic E-state index is 12.6. The van der Waals surface area contributed by atoms with Gasteiger partial charge in [0.15, 0.2) is 0 Å². The van der Waals surface area contributed by atoms with E-state index in [0.717, 1.165) is 0 Å². The Balaban J connectivity index is 2.02. The fourth-order valence-corrected chi connectivity index (χ4v) is 3.59. The molecule has 2 aliphatic rings. The molecule has 1 fully saturated rings. The molecule has 0 heterocycles. The Hall–Kier alpha value is -1.92. The number of hydrogen-bond acceptors (Lipinski definition) is 3. The van der Waals surface area contributed by atoms with Crippen LogP contribution in [-0.2, 0) is 4.79 Å². The lowest BCUT2D eigenvalue weighted by atomic mass is 9.90. The third-order valence-corrected chi connectivity index (χ3v) is 4.32. The summed E-state index contributed by atoms with van der Waals surface area (Å²) in [6.07, 6.45) is -3.84. The lowest BCUT2D eigenvalue weighted by molar-refractivity contribution is -0.384. The maximum Gasteiger partial charge on any atom is 0.450 e. The lowest BCUT2D eigenvalue weighted by Crippen LogP contribution is -2.32. The molecule has 0 aliphatic heterocycles. The van der Waals surface area contributed by atoms with E-state index in [-0.39, 0.29) is 5.69 Å². The zero-order valence-corrected chi connectivity index (χ0v) is 10.2. The first-order chi connectivity index (χ1) is 9.30. The second-order valence-corrected chi connectivity index (χ2v) is 5.25. The molecule has 3 rings (SSSR count). The van der Waals surface area contributed by atoms with Gasteiger partial charge in [-0.2, -0.15) is 13.2 Å². The van der Waals surface area contributed by atoms with Crippen LogP contribution in [-0.4, -0.2) is 16.9 Å². The van der Waals surface area contributed by atoms with Crippen molar-refractivity contribution in [2.45, 2.75) is 30.9 Å². The number of rotatable bonds is 2. The summed E-state index contributed by atoms with van der Waals surface area (Å²) in [6, 6.07) is 4.10. The largest absolute Gasteiger partial charge is 0.450 e. The number of alkyl halides is 3.